The molecule has 6 heteroatoms. The van der Waals surface area contributed by atoms with Gasteiger partial charge in [0.15, 0.2) is 0 Å². The van der Waals surface area contributed by atoms with E-state index in [4.69, 9.17) is 18.6 Å². The van der Waals surface area contributed by atoms with E-state index < -0.39 is 10.2 Å². The van der Waals surface area contributed by atoms with Crippen LogP contribution in [0.4, 0.5) is 5.69 Å². The van der Waals surface area contributed by atoms with Gasteiger partial charge in [-0.1, -0.05) is 12.1 Å². The van der Waals surface area contributed by atoms with Crippen molar-refractivity contribution in [1.29, 1.82) is 0 Å². The fraction of sp³-hybridized carbons (Fsp3) is 0.500. The summed E-state index contributed by atoms with van der Waals surface area (Å²) >= 11 is 0. The number of aryl methyl sites for hydroxylation is 1. The van der Waals surface area contributed by atoms with Crippen molar-refractivity contribution in [2.75, 3.05) is 14.1 Å². The Morgan fingerprint density at radius 2 is 1.50 bits per heavy atom. The predicted molar refractivity (Wildman–Crippen MR) is 60.0 cm³/mol. The van der Waals surface area contributed by atoms with Crippen molar-refractivity contribution in [1.82, 2.24) is 4.48 Å². The molecule has 1 aromatic rings. The maximum Gasteiger partial charge on any atom is 0.132 e. The van der Waals surface area contributed by atoms with Gasteiger partial charge in [0.05, 0.1) is 20.1 Å². The standard InChI is InChI=1S/C12H20N.ClHO4/c1-10(2)13(4,5)12-8-6-7-11(3)9-12;2-1(3,4)5/h6-10H,1-5H3;(H,2,3,4,5)/q+1;/p-1. The molecule has 5 nitrogen and oxygen atoms in total. The van der Waals surface area contributed by atoms with Crippen molar-refractivity contribution in [3.8, 4) is 0 Å². The molecular formula is C12H20ClNO4. The first kappa shape index (κ1) is 17.3. The van der Waals surface area contributed by atoms with Crippen LogP contribution < -0.4 is 23.1 Å². The molecule has 0 aliphatic carbocycles. The Balaban J connectivity index is 0.000000494. The topological polar surface area (TPSA) is 92.2 Å². The Hall–Kier alpha value is -0.690. The summed E-state index contributed by atoms with van der Waals surface area (Å²) in [5.41, 5.74) is 2.72. The number of quaternary nitrogens is 1. The van der Waals surface area contributed by atoms with Gasteiger partial charge in [-0.15, -0.1) is 10.2 Å². The highest BCUT2D eigenvalue weighted by Crippen LogP contribution is 2.22. The molecule has 1 aromatic carbocycles. The zero-order chi connectivity index (χ0) is 14.6. The van der Waals surface area contributed by atoms with Crippen LogP contribution in [0.2, 0.25) is 0 Å². The molecule has 1 rings (SSSR count). The zero-order valence-corrected chi connectivity index (χ0v) is 12.1. The van der Waals surface area contributed by atoms with Gasteiger partial charge >= 0.3 is 0 Å². The van der Waals surface area contributed by atoms with Crippen LogP contribution in [0, 0.1) is 17.2 Å². The van der Waals surface area contributed by atoms with Gasteiger partial charge < -0.3 is 0 Å². The zero-order valence-electron chi connectivity index (χ0n) is 11.3. The van der Waals surface area contributed by atoms with Crippen LogP contribution in [0.15, 0.2) is 24.3 Å². The minimum absolute atomic E-state index is 0.613. The van der Waals surface area contributed by atoms with Crippen molar-refractivity contribution in [2.45, 2.75) is 26.8 Å². The molecule has 0 saturated heterocycles. The Morgan fingerprint density at radius 3 is 1.83 bits per heavy atom. The highest BCUT2D eigenvalue weighted by atomic mass is 35.7. The SMILES string of the molecule is Cc1cccc([N+](C)(C)C(C)C)c1.[O-][Cl+3]([O-])([O-])[O-]. The summed E-state index contributed by atoms with van der Waals surface area (Å²) in [6.07, 6.45) is 0. The number of benzene rings is 1. The molecule has 0 saturated carbocycles. The second-order valence-corrected chi connectivity index (χ2v) is 5.61. The number of hydrogen-bond acceptors (Lipinski definition) is 4. The second kappa shape index (κ2) is 6.47. The first-order chi connectivity index (χ1) is 7.94. The molecule has 18 heavy (non-hydrogen) atoms. The van der Waals surface area contributed by atoms with Crippen LogP contribution in [-0.4, -0.2) is 20.1 Å². The molecule has 0 fully saturated rings. The summed E-state index contributed by atoms with van der Waals surface area (Å²) in [5, 5.41) is 0. The maximum atomic E-state index is 8.49. The number of hydrogen-bond donors (Lipinski definition) is 0. The van der Waals surface area contributed by atoms with E-state index in [2.05, 4.69) is 59.1 Å². The fourth-order valence-electron chi connectivity index (χ4n) is 1.28. The molecule has 0 unspecified atom stereocenters. The first-order valence-electron chi connectivity index (χ1n) is 5.47. The van der Waals surface area contributed by atoms with Crippen LogP contribution in [0.25, 0.3) is 0 Å². The lowest BCUT2D eigenvalue weighted by atomic mass is 10.1. The van der Waals surface area contributed by atoms with Gasteiger partial charge in [-0.05, 0) is 32.4 Å². The van der Waals surface area contributed by atoms with Gasteiger partial charge in [0.25, 0.3) is 0 Å². The quantitative estimate of drug-likeness (QED) is 0.597. The second-order valence-electron chi connectivity index (χ2n) is 4.85. The van der Waals surface area contributed by atoms with E-state index in [0.717, 1.165) is 4.48 Å². The number of rotatable bonds is 2. The lowest BCUT2D eigenvalue weighted by Crippen LogP contribution is -2.68. The largest absolute Gasteiger partial charge is 0.294 e. The highest BCUT2D eigenvalue weighted by molar-refractivity contribution is 5.44. The summed E-state index contributed by atoms with van der Waals surface area (Å²) < 4.78 is 34.9. The van der Waals surface area contributed by atoms with E-state index in [1.807, 2.05) is 0 Å². The molecule has 0 aliphatic rings. The van der Waals surface area contributed by atoms with Crippen LogP contribution in [0.1, 0.15) is 19.4 Å². The molecule has 0 heterocycles. The molecule has 0 bridgehead atoms. The summed E-state index contributed by atoms with van der Waals surface area (Å²) in [6.45, 7) is 6.65. The molecule has 0 aliphatic heterocycles. The molecule has 104 valence electrons. The van der Waals surface area contributed by atoms with Gasteiger partial charge in [0.1, 0.15) is 5.69 Å². The van der Waals surface area contributed by atoms with Crippen molar-refractivity contribution in [2.24, 2.45) is 0 Å². The number of nitrogens with zero attached hydrogens (tertiary/aromatic N) is 1. The Bertz CT molecular complexity index is 369. The third-order valence-corrected chi connectivity index (χ3v) is 2.96. The van der Waals surface area contributed by atoms with Gasteiger partial charge in [-0.25, -0.2) is 18.6 Å². The third kappa shape index (κ3) is 6.90. The minimum atomic E-state index is -4.94. The molecule has 0 spiro atoms. The van der Waals surface area contributed by atoms with Gasteiger partial charge in [-0.2, -0.15) is 0 Å². The Morgan fingerprint density at radius 1 is 1.06 bits per heavy atom. The highest BCUT2D eigenvalue weighted by Gasteiger charge is 2.22. The van der Waals surface area contributed by atoms with E-state index in [0.29, 0.717) is 6.04 Å². The predicted octanol–water partition coefficient (Wildman–Crippen LogP) is -1.79. The summed E-state index contributed by atoms with van der Waals surface area (Å²) in [7, 11) is -0.446. The fourth-order valence-corrected chi connectivity index (χ4v) is 1.28. The van der Waals surface area contributed by atoms with Crippen LogP contribution >= 0.6 is 0 Å². The van der Waals surface area contributed by atoms with Gasteiger partial charge in [0.2, 0.25) is 0 Å². The average molecular weight is 278 g/mol. The smallest absolute Gasteiger partial charge is 0.132 e. The van der Waals surface area contributed by atoms with Gasteiger partial charge in [-0.3, -0.25) is 4.48 Å². The van der Waals surface area contributed by atoms with E-state index in [1.54, 1.807) is 0 Å². The van der Waals surface area contributed by atoms with Crippen LogP contribution in [0.3, 0.4) is 0 Å². The lowest BCUT2D eigenvalue weighted by Gasteiger charge is -2.33. The van der Waals surface area contributed by atoms with Gasteiger partial charge in [0, 0.05) is 6.07 Å². The molecule has 0 radical (unpaired) electrons. The van der Waals surface area contributed by atoms with E-state index in [-0.39, 0.29) is 0 Å². The summed E-state index contributed by atoms with van der Waals surface area (Å²) in [6, 6.07) is 9.35. The summed E-state index contributed by atoms with van der Waals surface area (Å²) in [4.78, 5) is 0. The number of halogens is 1. The van der Waals surface area contributed by atoms with Crippen molar-refractivity contribution < 1.29 is 28.9 Å². The monoisotopic (exact) mass is 277 g/mol. The van der Waals surface area contributed by atoms with Crippen molar-refractivity contribution in [3.63, 3.8) is 0 Å². The normalized spacial score (nSPS) is 12.1. The molecular weight excluding hydrogens is 258 g/mol. The van der Waals surface area contributed by atoms with E-state index in [1.165, 1.54) is 11.3 Å². The van der Waals surface area contributed by atoms with Crippen molar-refractivity contribution >= 4 is 5.69 Å². The molecule has 0 aromatic heterocycles. The molecule has 0 N–H and O–H groups in total. The maximum absolute atomic E-state index is 8.49. The Labute approximate surface area is 110 Å². The van der Waals surface area contributed by atoms with Crippen LogP contribution in [-0.2, 0) is 0 Å². The lowest BCUT2D eigenvalue weighted by molar-refractivity contribution is -2.00. The van der Waals surface area contributed by atoms with E-state index >= 15 is 0 Å². The van der Waals surface area contributed by atoms with Crippen molar-refractivity contribution in [3.05, 3.63) is 29.8 Å². The average Bonchev–Trinajstić information content (AvgIpc) is 2.14. The third-order valence-electron chi connectivity index (χ3n) is 2.96. The van der Waals surface area contributed by atoms with Crippen LogP contribution in [0.5, 0.6) is 0 Å². The molecule has 0 amide bonds. The first-order valence-corrected chi connectivity index (χ1v) is 6.70. The molecule has 0 atom stereocenters. The Kier molecular flexibility index (Phi) is 6.22. The minimum Gasteiger partial charge on any atom is -0.294 e. The van der Waals surface area contributed by atoms with E-state index in [9.17, 15) is 0 Å². The summed E-state index contributed by atoms with van der Waals surface area (Å²) in [5.74, 6) is 0.